The number of rotatable bonds is 1. The van der Waals surface area contributed by atoms with Crippen molar-refractivity contribution in [2.45, 2.75) is 18.9 Å². The molecular formula is C5H6INO2. The summed E-state index contributed by atoms with van der Waals surface area (Å²) < 4.78 is 0.0263. The molecule has 0 spiro atoms. The quantitative estimate of drug-likeness (QED) is 0.525. The lowest BCUT2D eigenvalue weighted by Crippen LogP contribution is -2.29. The molecule has 0 aliphatic carbocycles. The first-order chi connectivity index (χ1) is 4.20. The monoisotopic (exact) mass is 239 g/mol. The fourth-order valence-electron chi connectivity index (χ4n) is 0.784. The molecule has 1 N–H and O–H groups in total. The van der Waals surface area contributed by atoms with Crippen molar-refractivity contribution in [1.82, 2.24) is 5.32 Å². The lowest BCUT2D eigenvalue weighted by Gasteiger charge is -2.00. The third-order valence-corrected chi connectivity index (χ3v) is 2.02. The summed E-state index contributed by atoms with van der Waals surface area (Å²) in [7, 11) is 0. The summed E-state index contributed by atoms with van der Waals surface area (Å²) in [6.07, 6.45) is 1.17. The van der Waals surface area contributed by atoms with Crippen LogP contribution in [0.3, 0.4) is 0 Å². The van der Waals surface area contributed by atoms with Gasteiger partial charge >= 0.3 is 0 Å². The Morgan fingerprint density at radius 1 is 1.78 bits per heavy atom. The average molecular weight is 239 g/mol. The molecule has 0 aromatic rings. The molecule has 1 rings (SSSR count). The van der Waals surface area contributed by atoms with Gasteiger partial charge in [0, 0.05) is 29.0 Å². The second kappa shape index (κ2) is 2.64. The molecule has 0 saturated carbocycles. The first-order valence-electron chi connectivity index (χ1n) is 2.69. The molecule has 50 valence electrons. The topological polar surface area (TPSA) is 46.2 Å². The highest BCUT2D eigenvalue weighted by atomic mass is 127. The predicted molar refractivity (Wildman–Crippen MR) is 40.2 cm³/mol. The minimum atomic E-state index is -0.210. The van der Waals surface area contributed by atoms with Gasteiger partial charge in [-0.05, 0) is 6.42 Å². The largest absolute Gasteiger partial charge is 0.345 e. The molecule has 0 unspecified atom stereocenters. The van der Waals surface area contributed by atoms with Gasteiger partial charge in [-0.2, -0.15) is 0 Å². The molecule has 0 aromatic carbocycles. The molecule has 1 saturated heterocycles. The van der Waals surface area contributed by atoms with E-state index in [-0.39, 0.29) is 15.7 Å². The van der Waals surface area contributed by atoms with Crippen molar-refractivity contribution in [3.8, 4) is 0 Å². The van der Waals surface area contributed by atoms with E-state index in [4.69, 9.17) is 0 Å². The minimum Gasteiger partial charge on any atom is -0.345 e. The molecule has 3 nitrogen and oxygen atoms in total. The fourth-order valence-corrected chi connectivity index (χ4v) is 1.25. The van der Waals surface area contributed by atoms with Crippen LogP contribution in [0, 0.1) is 0 Å². The van der Waals surface area contributed by atoms with Gasteiger partial charge in [-0.3, -0.25) is 9.59 Å². The summed E-state index contributed by atoms with van der Waals surface area (Å²) in [5.41, 5.74) is 0. The standard InChI is InChI=1S/C5H6INO2/c6-5(9)3-1-2-4(8)7-3/h3H,1-2H2,(H,7,8)/t3-/m0/s1. The molecule has 1 aliphatic heterocycles. The Hall–Kier alpha value is -0.130. The number of halogens is 1. The summed E-state index contributed by atoms with van der Waals surface area (Å²) in [4.78, 5) is 21.1. The summed E-state index contributed by atoms with van der Waals surface area (Å²) >= 11 is 1.70. The molecule has 1 atom stereocenters. The molecular weight excluding hydrogens is 233 g/mol. The zero-order valence-corrected chi connectivity index (χ0v) is 6.84. The van der Waals surface area contributed by atoms with E-state index in [1.54, 1.807) is 22.6 Å². The first-order valence-corrected chi connectivity index (χ1v) is 3.77. The van der Waals surface area contributed by atoms with Gasteiger partial charge in [0.05, 0.1) is 6.04 Å². The highest BCUT2D eigenvalue weighted by molar-refractivity contribution is 14.1. The van der Waals surface area contributed by atoms with Gasteiger partial charge in [0.2, 0.25) is 9.70 Å². The van der Waals surface area contributed by atoms with Crippen LogP contribution in [0.4, 0.5) is 0 Å². The van der Waals surface area contributed by atoms with Gasteiger partial charge in [-0.1, -0.05) is 0 Å². The van der Waals surface area contributed by atoms with E-state index >= 15 is 0 Å². The maximum absolute atomic E-state index is 10.6. The Kier molecular flexibility index (Phi) is 2.05. The van der Waals surface area contributed by atoms with E-state index in [0.29, 0.717) is 12.8 Å². The molecule has 0 aromatic heterocycles. The van der Waals surface area contributed by atoms with Crippen molar-refractivity contribution < 1.29 is 9.59 Å². The van der Waals surface area contributed by atoms with Crippen molar-refractivity contribution in [1.29, 1.82) is 0 Å². The smallest absolute Gasteiger partial charge is 0.220 e. The van der Waals surface area contributed by atoms with E-state index < -0.39 is 0 Å². The maximum atomic E-state index is 10.6. The van der Waals surface area contributed by atoms with Crippen molar-refractivity contribution in [2.75, 3.05) is 0 Å². The van der Waals surface area contributed by atoms with Crippen molar-refractivity contribution in [3.05, 3.63) is 0 Å². The average Bonchev–Trinajstić information content (AvgIpc) is 2.14. The maximum Gasteiger partial charge on any atom is 0.220 e. The molecule has 0 bridgehead atoms. The number of hydrogen-bond acceptors (Lipinski definition) is 2. The van der Waals surface area contributed by atoms with Crippen LogP contribution in [0.2, 0.25) is 0 Å². The summed E-state index contributed by atoms with van der Waals surface area (Å²) in [6, 6.07) is -0.210. The Labute approximate surface area is 66.3 Å². The molecule has 1 amide bonds. The van der Waals surface area contributed by atoms with Crippen molar-refractivity contribution in [3.63, 3.8) is 0 Å². The number of carbonyl (C=O) groups is 2. The van der Waals surface area contributed by atoms with Gasteiger partial charge in [0.1, 0.15) is 0 Å². The van der Waals surface area contributed by atoms with E-state index in [2.05, 4.69) is 5.32 Å². The number of hydrogen-bond donors (Lipinski definition) is 1. The van der Waals surface area contributed by atoms with Crippen LogP contribution in [0.25, 0.3) is 0 Å². The number of nitrogens with one attached hydrogen (secondary N) is 1. The normalized spacial score (nSPS) is 25.9. The first kappa shape index (κ1) is 6.98. The molecule has 1 aliphatic rings. The van der Waals surface area contributed by atoms with Crippen LogP contribution in [0.15, 0.2) is 0 Å². The van der Waals surface area contributed by atoms with E-state index in [0.717, 1.165) is 0 Å². The van der Waals surface area contributed by atoms with Gasteiger partial charge < -0.3 is 5.32 Å². The molecule has 1 heterocycles. The van der Waals surface area contributed by atoms with Crippen molar-refractivity contribution in [2.24, 2.45) is 0 Å². The molecule has 1 fully saturated rings. The zero-order chi connectivity index (χ0) is 6.85. The molecule has 9 heavy (non-hydrogen) atoms. The SMILES string of the molecule is O=C1CC[C@@H](C(=O)I)N1. The minimum absolute atomic E-state index is 0.00924. The van der Waals surface area contributed by atoms with Crippen LogP contribution in [0.5, 0.6) is 0 Å². The highest BCUT2D eigenvalue weighted by Crippen LogP contribution is 2.09. The van der Waals surface area contributed by atoms with E-state index in [1.165, 1.54) is 0 Å². The third-order valence-electron chi connectivity index (χ3n) is 1.27. The van der Waals surface area contributed by atoms with Gasteiger partial charge in [-0.15, -0.1) is 0 Å². The van der Waals surface area contributed by atoms with Crippen LogP contribution in [-0.2, 0) is 9.59 Å². The second-order valence-electron chi connectivity index (χ2n) is 1.96. The van der Waals surface area contributed by atoms with Gasteiger partial charge in [0.25, 0.3) is 0 Å². The Balaban J connectivity index is 2.48. The molecule has 4 heteroatoms. The van der Waals surface area contributed by atoms with Crippen LogP contribution < -0.4 is 5.32 Å². The zero-order valence-electron chi connectivity index (χ0n) is 4.69. The lowest BCUT2D eigenvalue weighted by molar-refractivity contribution is -0.120. The molecule has 0 radical (unpaired) electrons. The van der Waals surface area contributed by atoms with Crippen molar-refractivity contribution >= 4 is 32.3 Å². The van der Waals surface area contributed by atoms with Gasteiger partial charge in [-0.25, -0.2) is 0 Å². The Morgan fingerprint density at radius 2 is 2.44 bits per heavy atom. The number of amides is 1. The second-order valence-corrected chi connectivity index (χ2v) is 3.03. The van der Waals surface area contributed by atoms with Crippen LogP contribution >= 0.6 is 22.6 Å². The third kappa shape index (κ3) is 1.64. The van der Waals surface area contributed by atoms with E-state index in [9.17, 15) is 9.59 Å². The Morgan fingerprint density at radius 3 is 2.67 bits per heavy atom. The fraction of sp³-hybridized carbons (Fsp3) is 0.600. The van der Waals surface area contributed by atoms with E-state index in [1.807, 2.05) is 0 Å². The highest BCUT2D eigenvalue weighted by Gasteiger charge is 2.24. The summed E-state index contributed by atoms with van der Waals surface area (Å²) in [5, 5.41) is 2.56. The summed E-state index contributed by atoms with van der Waals surface area (Å²) in [6.45, 7) is 0. The lowest BCUT2D eigenvalue weighted by atomic mass is 10.2. The Bertz CT molecular complexity index is 157. The predicted octanol–water partition coefficient (Wildman–Crippen LogP) is 0.227. The van der Waals surface area contributed by atoms with Gasteiger partial charge in [0.15, 0.2) is 0 Å². The van der Waals surface area contributed by atoms with Crippen LogP contribution in [0.1, 0.15) is 12.8 Å². The summed E-state index contributed by atoms with van der Waals surface area (Å²) in [5.74, 6) is -0.00924. The number of carbonyl (C=O) groups excluding carboxylic acids is 2. The van der Waals surface area contributed by atoms with Crippen LogP contribution in [-0.4, -0.2) is 15.7 Å².